The van der Waals surface area contributed by atoms with Crippen molar-refractivity contribution in [1.29, 1.82) is 0 Å². The Balaban J connectivity index is 1.32. The molecule has 1 aromatic heterocycles. The van der Waals surface area contributed by atoms with E-state index >= 15 is 0 Å². The maximum Gasteiger partial charge on any atom is 0.314 e. The van der Waals surface area contributed by atoms with Crippen molar-refractivity contribution in [2.45, 2.75) is 18.4 Å². The topological polar surface area (TPSA) is 80.5 Å². The number of benzene rings is 2. The number of hydrogen-bond acceptors (Lipinski definition) is 6. The summed E-state index contributed by atoms with van der Waals surface area (Å²) < 4.78 is 0. The summed E-state index contributed by atoms with van der Waals surface area (Å²) >= 11 is 5.93. The maximum absolute atomic E-state index is 12.4. The fraction of sp³-hybridized carbons (Fsp3) is 0.350. The number of likely N-dealkylation sites (tertiary alicyclic amines) is 1. The lowest BCUT2D eigenvalue weighted by molar-refractivity contribution is -0.0340. The lowest BCUT2D eigenvalue weighted by Gasteiger charge is -2.38. The highest BCUT2D eigenvalue weighted by atomic mass is 35.5. The Hall–Kier alpha value is -2.48. The summed E-state index contributed by atoms with van der Waals surface area (Å²) in [6.45, 7) is 2.42. The Labute approximate surface area is 167 Å². The van der Waals surface area contributed by atoms with E-state index in [0.717, 1.165) is 23.5 Å². The Morgan fingerprint density at radius 1 is 1.11 bits per heavy atom. The van der Waals surface area contributed by atoms with Crippen LogP contribution in [0, 0.1) is 0 Å². The largest absolute Gasteiger partial charge is 0.391 e. The summed E-state index contributed by atoms with van der Waals surface area (Å²) in [5.74, 6) is 0. The molecule has 2 aromatic carbocycles. The molecule has 0 radical (unpaired) electrons. The summed E-state index contributed by atoms with van der Waals surface area (Å²) in [5.41, 5.74) is 0.292. The van der Waals surface area contributed by atoms with Gasteiger partial charge in [0, 0.05) is 24.7 Å². The highest BCUT2D eigenvalue weighted by Crippen LogP contribution is 2.33. The van der Waals surface area contributed by atoms with E-state index in [0.29, 0.717) is 41.9 Å². The van der Waals surface area contributed by atoms with Crippen molar-refractivity contribution < 1.29 is 9.94 Å². The fourth-order valence-corrected chi connectivity index (χ4v) is 3.64. The standard InChI is InChI=1S/C20H21ClN4O3/c21-16-7-5-15(6-8-16)20(27)9-11-24(12-10-20)13-14-28-25-19(26)17-3-1-2-4-18(17)22-23-25/h1-8,27H,9-14H2. The first kappa shape index (κ1) is 18.9. The van der Waals surface area contributed by atoms with Gasteiger partial charge in [0.1, 0.15) is 12.1 Å². The summed E-state index contributed by atoms with van der Waals surface area (Å²) in [6, 6.07) is 14.4. The molecule has 7 nitrogen and oxygen atoms in total. The Morgan fingerprint density at radius 2 is 1.82 bits per heavy atom. The van der Waals surface area contributed by atoms with Gasteiger partial charge in [0.25, 0.3) is 0 Å². The molecule has 1 saturated heterocycles. The van der Waals surface area contributed by atoms with Gasteiger partial charge in [0.05, 0.1) is 11.0 Å². The molecule has 0 aliphatic carbocycles. The van der Waals surface area contributed by atoms with E-state index in [1.54, 1.807) is 30.3 Å². The number of aromatic nitrogens is 3. The molecule has 146 valence electrons. The van der Waals surface area contributed by atoms with Crippen LogP contribution in [0.1, 0.15) is 18.4 Å². The van der Waals surface area contributed by atoms with E-state index < -0.39 is 5.60 Å². The van der Waals surface area contributed by atoms with Gasteiger partial charge in [-0.2, -0.15) is 0 Å². The number of aliphatic hydroxyl groups is 1. The molecular formula is C20H21ClN4O3. The molecule has 0 atom stereocenters. The van der Waals surface area contributed by atoms with E-state index in [2.05, 4.69) is 15.2 Å². The predicted molar refractivity (Wildman–Crippen MR) is 106 cm³/mol. The van der Waals surface area contributed by atoms with Gasteiger partial charge < -0.3 is 9.94 Å². The number of rotatable bonds is 5. The van der Waals surface area contributed by atoms with Gasteiger partial charge >= 0.3 is 5.56 Å². The van der Waals surface area contributed by atoms with Gasteiger partial charge in [-0.05, 0) is 52.7 Å². The lowest BCUT2D eigenvalue weighted by Crippen LogP contribution is -2.44. The van der Waals surface area contributed by atoms with E-state index in [-0.39, 0.29) is 5.56 Å². The first-order valence-electron chi connectivity index (χ1n) is 9.24. The van der Waals surface area contributed by atoms with E-state index in [1.807, 2.05) is 18.2 Å². The van der Waals surface area contributed by atoms with Crippen molar-refractivity contribution in [3.63, 3.8) is 0 Å². The highest BCUT2D eigenvalue weighted by molar-refractivity contribution is 6.30. The number of halogens is 1. The smallest absolute Gasteiger partial charge is 0.314 e. The zero-order chi connectivity index (χ0) is 19.6. The molecule has 1 N–H and O–H groups in total. The average molecular weight is 401 g/mol. The molecule has 1 aliphatic heterocycles. The van der Waals surface area contributed by atoms with Crippen molar-refractivity contribution >= 4 is 22.5 Å². The number of fused-ring (bicyclic) bond motifs is 1. The third-order valence-corrected chi connectivity index (χ3v) is 5.48. The second kappa shape index (κ2) is 7.87. The molecule has 0 unspecified atom stereocenters. The van der Waals surface area contributed by atoms with Crippen LogP contribution in [0.4, 0.5) is 0 Å². The van der Waals surface area contributed by atoms with E-state index in [9.17, 15) is 9.90 Å². The number of nitrogens with zero attached hydrogens (tertiary/aromatic N) is 4. The molecule has 8 heteroatoms. The van der Waals surface area contributed by atoms with Gasteiger partial charge in [0.2, 0.25) is 0 Å². The first-order valence-corrected chi connectivity index (χ1v) is 9.62. The minimum atomic E-state index is -0.831. The van der Waals surface area contributed by atoms with Crippen LogP contribution in [-0.4, -0.2) is 51.4 Å². The average Bonchev–Trinajstić information content (AvgIpc) is 2.72. The highest BCUT2D eigenvalue weighted by Gasteiger charge is 2.33. The van der Waals surface area contributed by atoms with Gasteiger partial charge in [0.15, 0.2) is 0 Å². The second-order valence-electron chi connectivity index (χ2n) is 7.00. The van der Waals surface area contributed by atoms with Crippen LogP contribution >= 0.6 is 11.6 Å². The normalized spacial score (nSPS) is 16.9. The van der Waals surface area contributed by atoms with Crippen LogP contribution < -0.4 is 10.4 Å². The number of hydrogen-bond donors (Lipinski definition) is 1. The second-order valence-corrected chi connectivity index (χ2v) is 7.43. The molecule has 0 amide bonds. The van der Waals surface area contributed by atoms with E-state index in [4.69, 9.17) is 16.4 Å². The monoisotopic (exact) mass is 400 g/mol. The fourth-order valence-electron chi connectivity index (χ4n) is 3.51. The Bertz CT molecular complexity index is 1010. The van der Waals surface area contributed by atoms with Crippen LogP contribution in [0.25, 0.3) is 10.9 Å². The summed E-state index contributed by atoms with van der Waals surface area (Å²) in [5, 5.41) is 19.9. The van der Waals surface area contributed by atoms with Crippen LogP contribution in [0.2, 0.25) is 5.02 Å². The van der Waals surface area contributed by atoms with Crippen LogP contribution in [0.5, 0.6) is 0 Å². The Kier molecular flexibility index (Phi) is 5.30. The summed E-state index contributed by atoms with van der Waals surface area (Å²) in [7, 11) is 0. The molecule has 1 fully saturated rings. The molecule has 28 heavy (non-hydrogen) atoms. The lowest BCUT2D eigenvalue weighted by atomic mass is 9.84. The third-order valence-electron chi connectivity index (χ3n) is 5.23. The molecule has 0 bridgehead atoms. The van der Waals surface area contributed by atoms with Crippen molar-refractivity contribution in [3.8, 4) is 0 Å². The molecule has 0 saturated carbocycles. The van der Waals surface area contributed by atoms with Crippen LogP contribution in [0.3, 0.4) is 0 Å². The molecule has 3 aromatic rings. The van der Waals surface area contributed by atoms with Crippen molar-refractivity contribution in [2.24, 2.45) is 0 Å². The number of piperidine rings is 1. The summed E-state index contributed by atoms with van der Waals surface area (Å²) in [6.07, 6.45) is 1.26. The summed E-state index contributed by atoms with van der Waals surface area (Å²) in [4.78, 5) is 21.0. The molecule has 4 rings (SSSR count). The zero-order valence-electron chi connectivity index (χ0n) is 15.3. The van der Waals surface area contributed by atoms with Crippen LogP contribution in [0.15, 0.2) is 53.3 Å². The zero-order valence-corrected chi connectivity index (χ0v) is 16.0. The molecule has 2 heterocycles. The molecule has 1 aliphatic rings. The van der Waals surface area contributed by atoms with Crippen LogP contribution in [-0.2, 0) is 5.60 Å². The first-order chi connectivity index (χ1) is 13.5. The Morgan fingerprint density at radius 3 is 2.57 bits per heavy atom. The maximum atomic E-state index is 12.4. The molecular weight excluding hydrogens is 380 g/mol. The minimum Gasteiger partial charge on any atom is -0.391 e. The predicted octanol–water partition coefficient (Wildman–Crippen LogP) is 1.86. The van der Waals surface area contributed by atoms with Crippen molar-refractivity contribution in [3.05, 3.63) is 69.5 Å². The van der Waals surface area contributed by atoms with Crippen molar-refractivity contribution in [2.75, 3.05) is 26.2 Å². The van der Waals surface area contributed by atoms with Gasteiger partial charge in [-0.3, -0.25) is 9.69 Å². The van der Waals surface area contributed by atoms with E-state index in [1.165, 1.54) is 0 Å². The quantitative estimate of drug-likeness (QED) is 0.704. The SMILES string of the molecule is O=c1c2ccccc2nnn1OCCN1CCC(O)(c2ccc(Cl)cc2)CC1. The van der Waals surface area contributed by atoms with Crippen molar-refractivity contribution in [1.82, 2.24) is 20.1 Å². The molecule has 0 spiro atoms. The van der Waals surface area contributed by atoms with Gasteiger partial charge in [-0.25, -0.2) is 0 Å². The third kappa shape index (κ3) is 3.87. The van der Waals surface area contributed by atoms with Gasteiger partial charge in [-0.15, -0.1) is 5.10 Å². The van der Waals surface area contributed by atoms with Gasteiger partial charge in [-0.1, -0.05) is 35.9 Å². The minimum absolute atomic E-state index is 0.312.